The number of carbonyl (C=O) groups excluding carboxylic acids is 3. The molecule has 0 bridgehead atoms. The van der Waals surface area contributed by atoms with Gasteiger partial charge in [0.15, 0.2) is 0 Å². The van der Waals surface area contributed by atoms with Crippen molar-refractivity contribution in [2.45, 2.75) is 48.0 Å². The standard InChI is InChI=1S/C18H33NO6/c1-17(2,3)15(21)24-12-10-19(9-8-14(20)23-7)11-13-25-16(22)18(4,5)6/h8-13H2,1-7H3. The minimum atomic E-state index is -0.556. The number of nitrogens with zero attached hydrogens (tertiary/aromatic N) is 1. The first kappa shape index (κ1) is 23.4. The maximum Gasteiger partial charge on any atom is 0.311 e. The van der Waals surface area contributed by atoms with Crippen molar-refractivity contribution >= 4 is 17.9 Å². The summed E-state index contributed by atoms with van der Waals surface area (Å²) in [6.07, 6.45) is 0.219. The number of esters is 3. The molecule has 0 fully saturated rings. The Morgan fingerprint density at radius 3 is 1.48 bits per heavy atom. The number of carbonyl (C=O) groups is 3. The van der Waals surface area contributed by atoms with Gasteiger partial charge in [-0.1, -0.05) is 0 Å². The maximum atomic E-state index is 11.8. The molecular weight excluding hydrogens is 326 g/mol. The Morgan fingerprint density at radius 2 is 1.16 bits per heavy atom. The molecule has 0 amide bonds. The van der Waals surface area contributed by atoms with Crippen molar-refractivity contribution in [3.63, 3.8) is 0 Å². The predicted molar refractivity (Wildman–Crippen MR) is 93.9 cm³/mol. The molecule has 0 N–H and O–H groups in total. The zero-order valence-electron chi connectivity index (χ0n) is 16.6. The van der Waals surface area contributed by atoms with Gasteiger partial charge >= 0.3 is 17.9 Å². The van der Waals surface area contributed by atoms with Crippen LogP contribution in [-0.4, -0.2) is 62.8 Å². The third-order valence-corrected chi connectivity index (χ3v) is 3.37. The van der Waals surface area contributed by atoms with E-state index in [1.807, 2.05) is 4.90 Å². The molecule has 146 valence electrons. The molecular formula is C18H33NO6. The van der Waals surface area contributed by atoms with Gasteiger partial charge in [-0.25, -0.2) is 0 Å². The van der Waals surface area contributed by atoms with Crippen molar-refractivity contribution in [3.05, 3.63) is 0 Å². The summed E-state index contributed by atoms with van der Waals surface area (Å²) >= 11 is 0. The van der Waals surface area contributed by atoms with Crippen molar-refractivity contribution in [2.24, 2.45) is 10.8 Å². The van der Waals surface area contributed by atoms with Crippen molar-refractivity contribution in [1.82, 2.24) is 4.90 Å². The van der Waals surface area contributed by atoms with E-state index in [0.717, 1.165) is 0 Å². The Bertz CT molecular complexity index is 415. The summed E-state index contributed by atoms with van der Waals surface area (Å²) in [6.45, 7) is 12.5. The monoisotopic (exact) mass is 359 g/mol. The predicted octanol–water partition coefficient (Wildman–Crippen LogP) is 2.03. The zero-order valence-corrected chi connectivity index (χ0v) is 16.6. The van der Waals surface area contributed by atoms with Crippen LogP contribution in [0.3, 0.4) is 0 Å². The van der Waals surface area contributed by atoms with Crippen molar-refractivity contribution in [2.75, 3.05) is 40.0 Å². The van der Waals surface area contributed by atoms with E-state index < -0.39 is 10.8 Å². The highest BCUT2D eigenvalue weighted by atomic mass is 16.5. The minimum Gasteiger partial charge on any atom is -0.469 e. The molecule has 0 unspecified atom stereocenters. The molecule has 0 aromatic heterocycles. The number of rotatable bonds is 9. The molecule has 25 heavy (non-hydrogen) atoms. The summed E-state index contributed by atoms with van der Waals surface area (Å²) in [5.41, 5.74) is -1.11. The summed E-state index contributed by atoms with van der Waals surface area (Å²) in [6, 6.07) is 0. The van der Waals surface area contributed by atoms with Crippen molar-refractivity contribution < 1.29 is 28.6 Å². The molecule has 0 aromatic rings. The summed E-state index contributed by atoms with van der Waals surface area (Å²) in [5, 5.41) is 0. The molecule has 0 saturated carbocycles. The van der Waals surface area contributed by atoms with Crippen LogP contribution in [0.5, 0.6) is 0 Å². The van der Waals surface area contributed by atoms with Crippen LogP contribution in [0.2, 0.25) is 0 Å². The smallest absolute Gasteiger partial charge is 0.311 e. The minimum absolute atomic E-state index is 0.213. The summed E-state index contributed by atoms with van der Waals surface area (Å²) in [7, 11) is 1.34. The van der Waals surface area contributed by atoms with Gasteiger partial charge in [0.2, 0.25) is 0 Å². The molecule has 0 aromatic carbocycles. The molecule has 0 saturated heterocycles. The van der Waals surface area contributed by atoms with Crippen LogP contribution in [0.25, 0.3) is 0 Å². The van der Waals surface area contributed by atoms with Gasteiger partial charge in [-0.05, 0) is 41.5 Å². The molecule has 0 aliphatic carbocycles. The SMILES string of the molecule is COC(=O)CCN(CCOC(=O)C(C)(C)C)CCOC(=O)C(C)(C)C. The van der Waals surface area contributed by atoms with E-state index in [1.165, 1.54) is 7.11 Å². The topological polar surface area (TPSA) is 82.1 Å². The van der Waals surface area contributed by atoms with Gasteiger partial charge in [0, 0.05) is 19.6 Å². The Balaban J connectivity index is 4.43. The summed E-state index contributed by atoms with van der Waals surface area (Å²) < 4.78 is 15.1. The van der Waals surface area contributed by atoms with Crippen LogP contribution in [0.1, 0.15) is 48.0 Å². The second-order valence-corrected chi connectivity index (χ2v) is 7.94. The largest absolute Gasteiger partial charge is 0.469 e. The molecule has 7 nitrogen and oxygen atoms in total. The van der Waals surface area contributed by atoms with Gasteiger partial charge in [-0.15, -0.1) is 0 Å². The third kappa shape index (κ3) is 10.8. The van der Waals surface area contributed by atoms with Gasteiger partial charge in [-0.3, -0.25) is 19.3 Å². The molecule has 0 spiro atoms. The van der Waals surface area contributed by atoms with Crippen LogP contribution in [0.4, 0.5) is 0 Å². The maximum absolute atomic E-state index is 11.8. The summed E-state index contributed by atoms with van der Waals surface area (Å²) in [5.74, 6) is -0.873. The van der Waals surface area contributed by atoms with Crippen LogP contribution in [-0.2, 0) is 28.6 Å². The number of hydrogen-bond donors (Lipinski definition) is 0. The molecule has 7 heteroatoms. The quantitative estimate of drug-likeness (QED) is 0.460. The molecule has 0 radical (unpaired) electrons. The first-order valence-corrected chi connectivity index (χ1v) is 8.51. The normalized spacial score (nSPS) is 12.0. The van der Waals surface area contributed by atoms with E-state index in [9.17, 15) is 14.4 Å². The van der Waals surface area contributed by atoms with E-state index in [1.54, 1.807) is 41.5 Å². The molecule has 0 atom stereocenters. The van der Waals surface area contributed by atoms with Crippen LogP contribution in [0, 0.1) is 10.8 Å². The Morgan fingerprint density at radius 1 is 0.760 bits per heavy atom. The third-order valence-electron chi connectivity index (χ3n) is 3.37. The fraction of sp³-hybridized carbons (Fsp3) is 0.833. The first-order chi connectivity index (χ1) is 11.4. The second-order valence-electron chi connectivity index (χ2n) is 7.94. The second kappa shape index (κ2) is 10.4. The van der Waals surface area contributed by atoms with Crippen molar-refractivity contribution in [1.29, 1.82) is 0 Å². The fourth-order valence-electron chi connectivity index (χ4n) is 1.65. The lowest BCUT2D eigenvalue weighted by atomic mass is 9.97. The van der Waals surface area contributed by atoms with Crippen molar-refractivity contribution in [3.8, 4) is 0 Å². The molecule has 0 aliphatic rings. The first-order valence-electron chi connectivity index (χ1n) is 8.51. The highest BCUT2D eigenvalue weighted by Gasteiger charge is 2.24. The highest BCUT2D eigenvalue weighted by Crippen LogP contribution is 2.15. The lowest BCUT2D eigenvalue weighted by Crippen LogP contribution is -2.36. The average Bonchev–Trinajstić information content (AvgIpc) is 2.49. The highest BCUT2D eigenvalue weighted by molar-refractivity contribution is 5.75. The average molecular weight is 359 g/mol. The molecule has 0 rings (SSSR count). The van der Waals surface area contributed by atoms with Gasteiger partial charge in [0.05, 0.1) is 24.4 Å². The number of ether oxygens (including phenoxy) is 3. The van der Waals surface area contributed by atoms with Gasteiger partial charge in [0.1, 0.15) is 13.2 Å². The van der Waals surface area contributed by atoms with E-state index >= 15 is 0 Å². The molecule has 0 heterocycles. The van der Waals surface area contributed by atoms with E-state index in [-0.39, 0.29) is 37.5 Å². The van der Waals surface area contributed by atoms with Crippen LogP contribution >= 0.6 is 0 Å². The van der Waals surface area contributed by atoms with Gasteiger partial charge in [-0.2, -0.15) is 0 Å². The number of methoxy groups -OCH3 is 1. The fourth-order valence-corrected chi connectivity index (χ4v) is 1.65. The lowest BCUT2D eigenvalue weighted by Gasteiger charge is -2.24. The lowest BCUT2D eigenvalue weighted by molar-refractivity contribution is -0.154. The van der Waals surface area contributed by atoms with E-state index in [4.69, 9.17) is 9.47 Å². The van der Waals surface area contributed by atoms with E-state index in [2.05, 4.69) is 4.74 Å². The Hall–Kier alpha value is -1.63. The Kier molecular flexibility index (Phi) is 9.70. The van der Waals surface area contributed by atoms with Crippen LogP contribution in [0.15, 0.2) is 0 Å². The van der Waals surface area contributed by atoms with Gasteiger partial charge < -0.3 is 14.2 Å². The molecule has 0 aliphatic heterocycles. The summed E-state index contributed by atoms with van der Waals surface area (Å²) in [4.78, 5) is 36.8. The van der Waals surface area contributed by atoms with Gasteiger partial charge in [0.25, 0.3) is 0 Å². The zero-order chi connectivity index (χ0) is 19.7. The van der Waals surface area contributed by atoms with Crippen LogP contribution < -0.4 is 0 Å². The Labute approximate surface area is 151 Å². The number of hydrogen-bond acceptors (Lipinski definition) is 7. The van der Waals surface area contributed by atoms with E-state index in [0.29, 0.717) is 19.6 Å².